The second-order valence-corrected chi connectivity index (χ2v) is 9.20. The predicted octanol–water partition coefficient (Wildman–Crippen LogP) is 6.27. The Labute approximate surface area is 175 Å². The molecule has 0 spiro atoms. The Balaban J connectivity index is 1.95. The average Bonchev–Trinajstić information content (AvgIpc) is 2.64. The molecule has 0 saturated carbocycles. The van der Waals surface area contributed by atoms with Crippen LogP contribution in [0.3, 0.4) is 0 Å². The van der Waals surface area contributed by atoms with Crippen molar-refractivity contribution in [1.82, 2.24) is 0 Å². The van der Waals surface area contributed by atoms with E-state index in [1.165, 1.54) is 24.0 Å². The first-order valence-electron chi connectivity index (χ1n) is 11.2. The molecule has 2 aliphatic rings. The van der Waals surface area contributed by atoms with Gasteiger partial charge in [0.1, 0.15) is 17.1 Å². The third-order valence-corrected chi connectivity index (χ3v) is 6.37. The fourth-order valence-corrected chi connectivity index (χ4v) is 4.81. The van der Waals surface area contributed by atoms with Crippen molar-refractivity contribution >= 4 is 5.97 Å². The molecule has 29 heavy (non-hydrogen) atoms. The van der Waals surface area contributed by atoms with E-state index in [4.69, 9.17) is 14.6 Å². The molecule has 0 saturated heterocycles. The summed E-state index contributed by atoms with van der Waals surface area (Å²) >= 11 is 0. The summed E-state index contributed by atoms with van der Waals surface area (Å²) in [6.45, 7) is 9.26. The quantitative estimate of drug-likeness (QED) is 0.392. The van der Waals surface area contributed by atoms with E-state index in [0.717, 1.165) is 42.7 Å². The molecule has 160 valence electrons. The van der Waals surface area contributed by atoms with Crippen LogP contribution in [0.5, 0.6) is 11.5 Å². The van der Waals surface area contributed by atoms with E-state index in [9.17, 15) is 4.79 Å². The lowest BCUT2D eigenvalue weighted by Gasteiger charge is -2.46. The third-order valence-electron chi connectivity index (χ3n) is 6.37. The molecule has 4 heteroatoms. The molecule has 0 aromatic heterocycles. The van der Waals surface area contributed by atoms with Gasteiger partial charge in [-0.3, -0.25) is 4.79 Å². The van der Waals surface area contributed by atoms with Crippen LogP contribution in [0, 0.1) is 5.92 Å². The number of carbonyl (C=O) groups is 1. The van der Waals surface area contributed by atoms with Crippen molar-refractivity contribution in [2.45, 2.75) is 90.6 Å². The fourth-order valence-electron chi connectivity index (χ4n) is 4.81. The molecule has 0 bridgehead atoms. The van der Waals surface area contributed by atoms with Gasteiger partial charge < -0.3 is 14.6 Å². The summed E-state index contributed by atoms with van der Waals surface area (Å²) in [4.78, 5) is 10.9. The Morgan fingerprint density at radius 1 is 1.28 bits per heavy atom. The summed E-state index contributed by atoms with van der Waals surface area (Å²) in [6, 6.07) is 4.39. The van der Waals surface area contributed by atoms with Gasteiger partial charge in [0.15, 0.2) is 0 Å². The number of allylic oxidation sites excluding steroid dienone is 2. The summed E-state index contributed by atoms with van der Waals surface area (Å²) in [7, 11) is 0. The fraction of sp³-hybridized carbons (Fsp3) is 0.640. The molecule has 1 N–H and O–H groups in total. The van der Waals surface area contributed by atoms with Gasteiger partial charge in [-0.1, -0.05) is 31.4 Å². The molecule has 0 unspecified atom stereocenters. The standard InChI is InChI=1S/C25H36O4/c1-5-6-7-9-18-15-21(28-13-8-10-23(26)27)24-19-14-17(2)11-12-20(19)25(3,4)29-22(24)16-18/h14-16,19-20H,5-13H2,1-4H3,(H,26,27)/t19-,20-/m1/s1. The Morgan fingerprint density at radius 3 is 2.79 bits per heavy atom. The minimum absolute atomic E-state index is 0.132. The highest BCUT2D eigenvalue weighted by atomic mass is 16.5. The number of fused-ring (bicyclic) bond motifs is 3. The normalized spacial score (nSPS) is 22.1. The Bertz CT molecular complexity index is 762. The minimum Gasteiger partial charge on any atom is -0.493 e. The van der Waals surface area contributed by atoms with Crippen molar-refractivity contribution in [3.63, 3.8) is 0 Å². The van der Waals surface area contributed by atoms with E-state index >= 15 is 0 Å². The maximum atomic E-state index is 10.9. The van der Waals surface area contributed by atoms with Crippen LogP contribution in [-0.2, 0) is 11.2 Å². The highest BCUT2D eigenvalue weighted by molar-refractivity contribution is 5.66. The van der Waals surface area contributed by atoms with Crippen molar-refractivity contribution in [3.8, 4) is 11.5 Å². The number of aliphatic carboxylic acids is 1. The molecule has 0 radical (unpaired) electrons. The lowest BCUT2D eigenvalue weighted by atomic mass is 9.68. The second-order valence-electron chi connectivity index (χ2n) is 9.20. The van der Waals surface area contributed by atoms with Gasteiger partial charge in [-0.2, -0.15) is 0 Å². The van der Waals surface area contributed by atoms with Crippen molar-refractivity contribution in [2.75, 3.05) is 6.61 Å². The number of carboxylic acid groups (broad SMARTS) is 1. The van der Waals surface area contributed by atoms with Gasteiger partial charge in [-0.05, 0) is 70.6 Å². The van der Waals surface area contributed by atoms with E-state index < -0.39 is 5.97 Å². The van der Waals surface area contributed by atoms with Gasteiger partial charge in [0.25, 0.3) is 0 Å². The molecule has 1 aromatic rings. The zero-order valence-electron chi connectivity index (χ0n) is 18.4. The van der Waals surface area contributed by atoms with Gasteiger partial charge >= 0.3 is 5.97 Å². The zero-order valence-corrected chi connectivity index (χ0v) is 18.4. The minimum atomic E-state index is -0.778. The predicted molar refractivity (Wildman–Crippen MR) is 116 cm³/mol. The first kappa shape index (κ1) is 21.7. The first-order valence-corrected chi connectivity index (χ1v) is 11.2. The van der Waals surface area contributed by atoms with Crippen LogP contribution in [-0.4, -0.2) is 23.3 Å². The molecule has 1 aliphatic heterocycles. The smallest absolute Gasteiger partial charge is 0.303 e. The van der Waals surface area contributed by atoms with Gasteiger partial charge in [0, 0.05) is 23.8 Å². The van der Waals surface area contributed by atoms with Gasteiger partial charge in [0.2, 0.25) is 0 Å². The number of benzene rings is 1. The highest BCUT2D eigenvalue weighted by Gasteiger charge is 2.45. The number of ether oxygens (including phenoxy) is 2. The van der Waals surface area contributed by atoms with Crippen LogP contribution in [0.25, 0.3) is 0 Å². The largest absolute Gasteiger partial charge is 0.493 e. The number of unbranched alkanes of at least 4 members (excludes halogenated alkanes) is 2. The van der Waals surface area contributed by atoms with Crippen molar-refractivity contribution in [3.05, 3.63) is 34.9 Å². The third kappa shape index (κ3) is 5.15. The summed E-state index contributed by atoms with van der Waals surface area (Å²) in [6.07, 6.45) is 9.86. The van der Waals surface area contributed by atoms with Crippen LogP contribution < -0.4 is 9.47 Å². The number of aryl methyl sites for hydroxylation is 1. The average molecular weight is 401 g/mol. The summed E-state index contributed by atoms with van der Waals surface area (Å²) in [5.41, 5.74) is 3.62. The van der Waals surface area contributed by atoms with E-state index in [0.29, 0.717) is 24.9 Å². The van der Waals surface area contributed by atoms with E-state index in [-0.39, 0.29) is 12.0 Å². The lowest BCUT2D eigenvalue weighted by Crippen LogP contribution is -2.45. The SMILES string of the molecule is CCCCCc1cc(OCCCC(=O)O)c2c(c1)OC(C)(C)[C@@H]1CCC(C)=C[C@@H]21. The van der Waals surface area contributed by atoms with Crippen LogP contribution >= 0.6 is 0 Å². The molecule has 4 nitrogen and oxygen atoms in total. The number of carboxylic acids is 1. The summed E-state index contributed by atoms with van der Waals surface area (Å²) in [5.74, 6) is 1.77. The number of rotatable bonds is 9. The Hall–Kier alpha value is -1.97. The van der Waals surface area contributed by atoms with Crippen molar-refractivity contribution in [1.29, 1.82) is 0 Å². The molecule has 1 aliphatic carbocycles. The molecule has 1 heterocycles. The maximum Gasteiger partial charge on any atom is 0.303 e. The van der Waals surface area contributed by atoms with Gasteiger partial charge in [0.05, 0.1) is 6.61 Å². The van der Waals surface area contributed by atoms with Crippen LogP contribution in [0.15, 0.2) is 23.8 Å². The topological polar surface area (TPSA) is 55.8 Å². The van der Waals surface area contributed by atoms with Crippen molar-refractivity contribution < 1.29 is 19.4 Å². The molecular formula is C25H36O4. The zero-order chi connectivity index (χ0) is 21.0. The lowest BCUT2D eigenvalue weighted by molar-refractivity contribution is -0.137. The highest BCUT2D eigenvalue weighted by Crippen LogP contribution is 2.53. The number of hydrogen-bond acceptors (Lipinski definition) is 3. The van der Waals surface area contributed by atoms with E-state index in [1.807, 2.05) is 0 Å². The molecular weight excluding hydrogens is 364 g/mol. The van der Waals surface area contributed by atoms with E-state index in [1.54, 1.807) is 0 Å². The van der Waals surface area contributed by atoms with Crippen LogP contribution in [0.2, 0.25) is 0 Å². The molecule has 1 aromatic carbocycles. The Morgan fingerprint density at radius 2 is 2.07 bits per heavy atom. The second kappa shape index (κ2) is 9.23. The number of hydrogen-bond donors (Lipinski definition) is 1. The Kier molecular flexibility index (Phi) is 6.92. The van der Waals surface area contributed by atoms with E-state index in [2.05, 4.69) is 45.9 Å². The first-order chi connectivity index (χ1) is 13.8. The molecule has 0 amide bonds. The maximum absolute atomic E-state index is 10.9. The molecule has 2 atom stereocenters. The van der Waals surface area contributed by atoms with Crippen LogP contribution in [0.1, 0.15) is 89.7 Å². The summed E-state index contributed by atoms with van der Waals surface area (Å²) < 4.78 is 12.7. The molecule has 0 fully saturated rings. The van der Waals surface area contributed by atoms with Crippen LogP contribution in [0.4, 0.5) is 0 Å². The monoisotopic (exact) mass is 400 g/mol. The van der Waals surface area contributed by atoms with Gasteiger partial charge in [-0.15, -0.1) is 0 Å². The van der Waals surface area contributed by atoms with Crippen molar-refractivity contribution in [2.24, 2.45) is 5.92 Å². The molecule has 3 rings (SSSR count). The van der Waals surface area contributed by atoms with Gasteiger partial charge in [-0.25, -0.2) is 0 Å². The summed E-state index contributed by atoms with van der Waals surface area (Å²) in [5, 5.41) is 8.93.